The Balaban J connectivity index is 1.55. The summed E-state index contributed by atoms with van der Waals surface area (Å²) in [6.45, 7) is 1.31. The van der Waals surface area contributed by atoms with Gasteiger partial charge in [0.05, 0.1) is 29.4 Å². The number of methoxy groups -OCH3 is 1. The first kappa shape index (κ1) is 25.6. The first-order valence-electron chi connectivity index (χ1n) is 12.3. The van der Waals surface area contributed by atoms with E-state index in [0.717, 1.165) is 28.0 Å². The second-order valence-electron chi connectivity index (χ2n) is 9.29. The van der Waals surface area contributed by atoms with E-state index in [1.807, 2.05) is 36.4 Å². The Morgan fingerprint density at radius 2 is 1.97 bits per heavy atom. The number of carbonyl (C=O) groups excluding carboxylic acids is 2. The summed E-state index contributed by atoms with van der Waals surface area (Å²) in [6, 6.07) is 11.1. The average Bonchev–Trinajstić information content (AvgIpc) is 3.62. The van der Waals surface area contributed by atoms with Gasteiger partial charge in [-0.2, -0.15) is 0 Å². The average molecular weight is 534 g/mol. The molecular formula is C28H28FN5O3S. The summed E-state index contributed by atoms with van der Waals surface area (Å²) in [5.74, 6) is 0.0666. The Morgan fingerprint density at radius 3 is 2.71 bits per heavy atom. The number of hydrogen-bond acceptors (Lipinski definition) is 6. The van der Waals surface area contributed by atoms with Crippen LogP contribution in [0.4, 0.5) is 4.39 Å². The van der Waals surface area contributed by atoms with E-state index >= 15 is 4.39 Å². The molecule has 0 fully saturated rings. The van der Waals surface area contributed by atoms with Gasteiger partial charge in [0.2, 0.25) is 5.91 Å². The van der Waals surface area contributed by atoms with Crippen molar-refractivity contribution in [2.24, 2.45) is 0 Å². The monoisotopic (exact) mass is 533 g/mol. The second-order valence-corrected chi connectivity index (χ2v) is 10.3. The third-order valence-electron chi connectivity index (χ3n) is 6.64. The Bertz CT molecular complexity index is 1530. The maximum atomic E-state index is 16.2. The van der Waals surface area contributed by atoms with Crippen molar-refractivity contribution in [1.82, 2.24) is 24.8 Å². The minimum atomic E-state index is -0.385. The Morgan fingerprint density at radius 1 is 1.16 bits per heavy atom. The zero-order valence-corrected chi connectivity index (χ0v) is 22.3. The Hall–Kier alpha value is -4.05. The fraction of sp³-hybridized carbons (Fsp3) is 0.286. The van der Waals surface area contributed by atoms with Gasteiger partial charge in [-0.1, -0.05) is 29.5 Å². The number of nitrogens with zero attached hydrogens (tertiary/aromatic N) is 5. The highest BCUT2D eigenvalue weighted by Gasteiger charge is 2.26. The van der Waals surface area contributed by atoms with Gasteiger partial charge in [0.15, 0.2) is 0 Å². The van der Waals surface area contributed by atoms with Gasteiger partial charge < -0.3 is 14.5 Å². The van der Waals surface area contributed by atoms with Gasteiger partial charge in [0, 0.05) is 56.3 Å². The molecular weight excluding hydrogens is 505 g/mol. The predicted octanol–water partition coefficient (Wildman–Crippen LogP) is 4.72. The van der Waals surface area contributed by atoms with E-state index in [4.69, 9.17) is 4.74 Å². The number of para-hydroxylation sites is 1. The molecule has 0 radical (unpaired) electrons. The number of hydrogen-bond donors (Lipinski definition) is 0. The molecule has 0 unspecified atom stereocenters. The van der Waals surface area contributed by atoms with Crippen LogP contribution in [0.5, 0.6) is 5.75 Å². The summed E-state index contributed by atoms with van der Waals surface area (Å²) in [4.78, 5) is 29.4. The van der Waals surface area contributed by atoms with E-state index in [9.17, 15) is 9.59 Å². The van der Waals surface area contributed by atoms with Crippen molar-refractivity contribution in [3.63, 3.8) is 0 Å². The number of fused-ring (bicyclic) bond motifs is 1. The van der Waals surface area contributed by atoms with Gasteiger partial charge in [-0.3, -0.25) is 14.3 Å². The zero-order chi connectivity index (χ0) is 26.8. The van der Waals surface area contributed by atoms with Crippen LogP contribution in [0.3, 0.4) is 0 Å². The summed E-state index contributed by atoms with van der Waals surface area (Å²) in [5, 5.41) is 8.34. The molecule has 4 aromatic rings. The maximum absolute atomic E-state index is 16.2. The summed E-state index contributed by atoms with van der Waals surface area (Å²) in [5.41, 5.74) is 2.76. The lowest BCUT2D eigenvalue weighted by atomic mass is 9.93. The lowest BCUT2D eigenvalue weighted by Crippen LogP contribution is -2.36. The van der Waals surface area contributed by atoms with Crippen LogP contribution < -0.4 is 4.74 Å². The van der Waals surface area contributed by atoms with Crippen LogP contribution in [0.1, 0.15) is 28.1 Å². The SMILES string of the molecule is COc1ccccc1-c1cc(C2=CCCN(C(=O)CCn3ccnn3)C2)c(F)c2sc(C(=O)N(C)C)cc12. The molecule has 196 valence electrons. The highest BCUT2D eigenvalue weighted by molar-refractivity contribution is 7.21. The first-order valence-corrected chi connectivity index (χ1v) is 13.1. The molecule has 2 aromatic carbocycles. The highest BCUT2D eigenvalue weighted by atomic mass is 32.1. The van der Waals surface area contributed by atoms with Crippen molar-refractivity contribution in [1.29, 1.82) is 0 Å². The summed E-state index contributed by atoms with van der Waals surface area (Å²) < 4.78 is 23.8. The molecule has 38 heavy (non-hydrogen) atoms. The molecule has 1 aliphatic heterocycles. The number of amides is 2. The normalized spacial score (nSPS) is 13.5. The number of ether oxygens (including phenoxy) is 1. The van der Waals surface area contributed by atoms with Crippen LogP contribution in [0, 0.1) is 5.82 Å². The third kappa shape index (κ3) is 4.91. The van der Waals surface area contributed by atoms with Gasteiger partial charge >= 0.3 is 0 Å². The minimum Gasteiger partial charge on any atom is -0.496 e. The number of aromatic nitrogens is 3. The van der Waals surface area contributed by atoms with Crippen LogP contribution in [0.2, 0.25) is 0 Å². The number of carbonyl (C=O) groups is 2. The molecule has 8 nitrogen and oxygen atoms in total. The second kappa shape index (κ2) is 10.7. The summed E-state index contributed by atoms with van der Waals surface area (Å²) in [6.07, 6.45) is 6.20. The molecule has 0 saturated carbocycles. The van der Waals surface area contributed by atoms with Crippen LogP contribution in [-0.4, -0.2) is 70.9 Å². The lowest BCUT2D eigenvalue weighted by Gasteiger charge is -2.28. The molecule has 0 bridgehead atoms. The molecule has 0 aliphatic carbocycles. The molecule has 0 atom stereocenters. The fourth-order valence-electron chi connectivity index (χ4n) is 4.68. The number of thiophene rings is 1. The summed E-state index contributed by atoms with van der Waals surface area (Å²) >= 11 is 1.14. The Kier molecular flexibility index (Phi) is 7.24. The number of aryl methyl sites for hydroxylation is 1. The van der Waals surface area contributed by atoms with Crippen molar-refractivity contribution in [3.05, 3.63) is 71.1 Å². The molecule has 2 aromatic heterocycles. The lowest BCUT2D eigenvalue weighted by molar-refractivity contribution is -0.131. The van der Waals surface area contributed by atoms with E-state index in [0.29, 0.717) is 52.3 Å². The van der Waals surface area contributed by atoms with Crippen molar-refractivity contribution in [2.75, 3.05) is 34.3 Å². The number of benzene rings is 2. The molecule has 2 amide bonds. The van der Waals surface area contributed by atoms with Gasteiger partial charge in [-0.25, -0.2) is 4.39 Å². The van der Waals surface area contributed by atoms with Gasteiger partial charge in [0.1, 0.15) is 11.6 Å². The van der Waals surface area contributed by atoms with E-state index in [1.54, 1.807) is 49.2 Å². The van der Waals surface area contributed by atoms with E-state index in [-0.39, 0.29) is 24.1 Å². The van der Waals surface area contributed by atoms with Crippen LogP contribution in [0.15, 0.2) is 54.9 Å². The molecule has 0 spiro atoms. The first-order chi connectivity index (χ1) is 18.4. The van der Waals surface area contributed by atoms with Crippen LogP contribution >= 0.6 is 11.3 Å². The smallest absolute Gasteiger partial charge is 0.263 e. The molecule has 10 heteroatoms. The van der Waals surface area contributed by atoms with Crippen LogP contribution in [0.25, 0.3) is 26.8 Å². The van der Waals surface area contributed by atoms with E-state index < -0.39 is 0 Å². The predicted molar refractivity (Wildman–Crippen MR) is 146 cm³/mol. The van der Waals surface area contributed by atoms with Crippen molar-refractivity contribution < 1.29 is 18.7 Å². The fourth-order valence-corrected chi connectivity index (χ4v) is 5.83. The summed E-state index contributed by atoms with van der Waals surface area (Å²) in [7, 11) is 4.95. The third-order valence-corrected chi connectivity index (χ3v) is 7.75. The van der Waals surface area contributed by atoms with Gasteiger partial charge in [-0.15, -0.1) is 16.4 Å². The molecule has 5 rings (SSSR count). The van der Waals surface area contributed by atoms with E-state index in [1.165, 1.54) is 4.90 Å². The minimum absolute atomic E-state index is 0.0208. The van der Waals surface area contributed by atoms with Gasteiger partial charge in [0.25, 0.3) is 5.91 Å². The van der Waals surface area contributed by atoms with Crippen molar-refractivity contribution >= 4 is 38.8 Å². The maximum Gasteiger partial charge on any atom is 0.263 e. The van der Waals surface area contributed by atoms with E-state index in [2.05, 4.69) is 10.3 Å². The number of rotatable bonds is 7. The zero-order valence-electron chi connectivity index (χ0n) is 21.5. The molecule has 3 heterocycles. The Labute approximate surface area is 223 Å². The number of halogens is 1. The highest BCUT2D eigenvalue weighted by Crippen LogP contribution is 2.43. The van der Waals surface area contributed by atoms with Crippen molar-refractivity contribution in [3.8, 4) is 16.9 Å². The van der Waals surface area contributed by atoms with Crippen LogP contribution in [-0.2, 0) is 11.3 Å². The standard InChI is InChI=1S/C28H28FN5O3S/c1-32(2)28(36)24-16-22-21(19-8-4-5-9-23(19)37-3)15-20(26(29)27(22)38-24)18-7-6-12-33(17-18)25(35)10-13-34-14-11-30-31-34/h4-5,7-9,11,14-16H,6,10,12-13,17H2,1-3H3. The molecule has 1 aliphatic rings. The molecule has 0 N–H and O–H groups in total. The largest absolute Gasteiger partial charge is 0.496 e. The van der Waals surface area contributed by atoms with Crippen molar-refractivity contribution in [2.45, 2.75) is 19.4 Å². The molecule has 0 saturated heterocycles. The van der Waals surface area contributed by atoms with Gasteiger partial charge in [-0.05, 0) is 35.8 Å². The quantitative estimate of drug-likeness (QED) is 0.344. The topological polar surface area (TPSA) is 80.6 Å².